The Morgan fingerprint density at radius 2 is 1.50 bits per heavy atom. The second-order valence-electron chi connectivity index (χ2n) is 5.86. The Morgan fingerprint density at radius 3 is 2.05 bits per heavy atom. The highest BCUT2D eigenvalue weighted by Gasteiger charge is 1.94. The topological polar surface area (TPSA) is 3.24 Å². The Balaban J connectivity index is 3.94. The smallest absolute Gasteiger partial charge is 0.0599 e. The van der Waals surface area contributed by atoms with Gasteiger partial charge in [0.05, 0.1) is 6.54 Å². The lowest BCUT2D eigenvalue weighted by Crippen LogP contribution is -2.18. The minimum absolute atomic E-state index is 0.715. The molecule has 0 amide bonds. The van der Waals surface area contributed by atoms with E-state index in [9.17, 15) is 0 Å². The van der Waals surface area contributed by atoms with Crippen molar-refractivity contribution < 1.29 is 0 Å². The summed E-state index contributed by atoms with van der Waals surface area (Å²) in [6, 6.07) is 0. The third-order valence-corrected chi connectivity index (χ3v) is 3.24. The van der Waals surface area contributed by atoms with E-state index in [-0.39, 0.29) is 0 Å². The van der Waals surface area contributed by atoms with Gasteiger partial charge in [-0.2, -0.15) is 0 Å². The molecule has 0 rings (SSSR count). The van der Waals surface area contributed by atoms with Gasteiger partial charge in [0.2, 0.25) is 0 Å². The molecule has 0 aliphatic heterocycles. The van der Waals surface area contributed by atoms with Crippen molar-refractivity contribution in [3.8, 4) is 12.3 Å². The van der Waals surface area contributed by atoms with Gasteiger partial charge in [-0.15, -0.1) is 6.42 Å². The summed E-state index contributed by atoms with van der Waals surface area (Å²) in [7, 11) is 2.05. The van der Waals surface area contributed by atoms with E-state index < -0.39 is 0 Å². The average Bonchev–Trinajstić information content (AvgIpc) is 2.36. The lowest BCUT2D eigenvalue weighted by atomic mass is 10.1. The van der Waals surface area contributed by atoms with E-state index >= 15 is 0 Å². The Morgan fingerprint density at radius 1 is 0.950 bits per heavy atom. The van der Waals surface area contributed by atoms with Crippen LogP contribution in [0.3, 0.4) is 0 Å². The normalized spacial score (nSPS) is 12.4. The van der Waals surface area contributed by atoms with Crippen molar-refractivity contribution in [2.75, 3.05) is 20.1 Å². The van der Waals surface area contributed by atoms with Gasteiger partial charge in [-0.1, -0.05) is 40.9 Å². The predicted molar refractivity (Wildman–Crippen MR) is 91.7 cm³/mol. The van der Waals surface area contributed by atoms with Crippen LogP contribution in [0.2, 0.25) is 0 Å². The van der Waals surface area contributed by atoms with E-state index in [4.69, 9.17) is 6.42 Å². The summed E-state index contributed by atoms with van der Waals surface area (Å²) in [5, 5.41) is 0. The number of nitrogens with zero attached hydrogens (tertiary/aromatic N) is 1. The van der Waals surface area contributed by atoms with E-state index in [1.165, 1.54) is 23.1 Å². The van der Waals surface area contributed by atoms with Crippen LogP contribution in [-0.4, -0.2) is 25.0 Å². The molecule has 0 fully saturated rings. The van der Waals surface area contributed by atoms with Crippen LogP contribution in [0.25, 0.3) is 0 Å². The highest BCUT2D eigenvalue weighted by atomic mass is 15.1. The largest absolute Gasteiger partial charge is 0.292 e. The van der Waals surface area contributed by atoms with Crippen LogP contribution >= 0.6 is 0 Å². The summed E-state index contributed by atoms with van der Waals surface area (Å²) >= 11 is 0. The van der Waals surface area contributed by atoms with Crippen LogP contribution in [0, 0.1) is 12.3 Å². The monoisotopic (exact) mass is 273 g/mol. The van der Waals surface area contributed by atoms with E-state index in [2.05, 4.69) is 63.8 Å². The SMILES string of the molecule is C#CCN(C)C/C=C(\C)CC/C=C(/C)CCC=C(C)C. The number of terminal acetylenes is 1. The average molecular weight is 273 g/mol. The summed E-state index contributed by atoms with van der Waals surface area (Å²) in [5.41, 5.74) is 4.36. The maximum absolute atomic E-state index is 5.28. The molecule has 0 saturated carbocycles. The quantitative estimate of drug-likeness (QED) is 0.423. The lowest BCUT2D eigenvalue weighted by Gasteiger charge is -2.10. The van der Waals surface area contributed by atoms with Gasteiger partial charge in [-0.3, -0.25) is 4.90 Å². The maximum atomic E-state index is 5.28. The van der Waals surface area contributed by atoms with Gasteiger partial charge in [-0.05, 0) is 60.4 Å². The molecule has 1 heteroatoms. The number of allylic oxidation sites excluding steroid dienone is 5. The van der Waals surface area contributed by atoms with E-state index in [0.717, 1.165) is 25.8 Å². The molecule has 0 aromatic carbocycles. The molecule has 0 N–H and O–H groups in total. The number of rotatable bonds is 9. The predicted octanol–water partition coefficient (Wildman–Crippen LogP) is 4.97. The van der Waals surface area contributed by atoms with Crippen molar-refractivity contribution in [3.63, 3.8) is 0 Å². The molecule has 0 radical (unpaired) electrons. The Hall–Kier alpha value is -1.26. The lowest BCUT2D eigenvalue weighted by molar-refractivity contribution is 0.418. The number of likely N-dealkylation sites (N-methyl/N-ethyl adjacent to an activating group) is 1. The van der Waals surface area contributed by atoms with E-state index in [0.29, 0.717) is 6.54 Å². The van der Waals surface area contributed by atoms with Crippen LogP contribution in [0.15, 0.2) is 34.9 Å². The number of hydrogen-bond acceptors (Lipinski definition) is 1. The molecule has 0 atom stereocenters. The third-order valence-electron chi connectivity index (χ3n) is 3.24. The molecule has 0 aliphatic rings. The molecule has 0 heterocycles. The fourth-order valence-corrected chi connectivity index (χ4v) is 1.87. The number of hydrogen-bond donors (Lipinski definition) is 0. The van der Waals surface area contributed by atoms with Crippen LogP contribution in [0.4, 0.5) is 0 Å². The van der Waals surface area contributed by atoms with Crippen LogP contribution in [-0.2, 0) is 0 Å². The molecule has 0 unspecified atom stereocenters. The van der Waals surface area contributed by atoms with Gasteiger partial charge in [0.1, 0.15) is 0 Å². The molecular formula is C19H31N. The summed E-state index contributed by atoms with van der Waals surface area (Å²) in [6.07, 6.45) is 16.9. The Bertz CT molecular complexity index is 386. The maximum Gasteiger partial charge on any atom is 0.0599 e. The molecule has 0 aliphatic carbocycles. The minimum atomic E-state index is 0.715. The highest BCUT2D eigenvalue weighted by molar-refractivity contribution is 5.06. The Labute approximate surface area is 126 Å². The standard InChI is InChI=1S/C19H31N/c1-7-15-20(6)16-14-19(5)13-9-12-18(4)11-8-10-17(2)3/h1,10,12,14H,8-9,11,13,15-16H2,2-6H3/b18-12-,19-14+. The molecule has 0 bridgehead atoms. The van der Waals surface area contributed by atoms with Crippen molar-refractivity contribution in [1.29, 1.82) is 0 Å². The summed E-state index contributed by atoms with van der Waals surface area (Å²) in [6.45, 7) is 10.4. The van der Waals surface area contributed by atoms with Gasteiger partial charge >= 0.3 is 0 Å². The van der Waals surface area contributed by atoms with E-state index in [1.54, 1.807) is 0 Å². The van der Waals surface area contributed by atoms with Crippen LogP contribution < -0.4 is 0 Å². The first-order chi connectivity index (χ1) is 9.45. The van der Waals surface area contributed by atoms with Crippen molar-refractivity contribution in [2.45, 2.75) is 53.4 Å². The first-order valence-electron chi connectivity index (χ1n) is 7.52. The molecule has 1 nitrogen and oxygen atoms in total. The van der Waals surface area contributed by atoms with Gasteiger partial charge in [0, 0.05) is 6.54 Å². The first kappa shape index (κ1) is 18.7. The first-order valence-corrected chi connectivity index (χ1v) is 7.52. The molecule has 20 heavy (non-hydrogen) atoms. The second kappa shape index (κ2) is 11.6. The fourth-order valence-electron chi connectivity index (χ4n) is 1.87. The zero-order valence-electron chi connectivity index (χ0n) is 14.0. The summed E-state index contributed by atoms with van der Waals surface area (Å²) in [4.78, 5) is 2.14. The van der Waals surface area contributed by atoms with Gasteiger partial charge in [0.15, 0.2) is 0 Å². The van der Waals surface area contributed by atoms with Crippen molar-refractivity contribution in [3.05, 3.63) is 34.9 Å². The summed E-state index contributed by atoms with van der Waals surface area (Å²) in [5.74, 6) is 2.66. The molecule has 0 spiro atoms. The van der Waals surface area contributed by atoms with Gasteiger partial charge < -0.3 is 0 Å². The summed E-state index contributed by atoms with van der Waals surface area (Å²) < 4.78 is 0. The molecule has 0 aromatic heterocycles. The fraction of sp³-hybridized carbons (Fsp3) is 0.579. The van der Waals surface area contributed by atoms with Crippen molar-refractivity contribution in [1.82, 2.24) is 4.90 Å². The zero-order valence-corrected chi connectivity index (χ0v) is 14.0. The minimum Gasteiger partial charge on any atom is -0.292 e. The molecule has 0 aromatic rings. The molecule has 0 saturated heterocycles. The molecular weight excluding hydrogens is 242 g/mol. The van der Waals surface area contributed by atoms with Crippen LogP contribution in [0.1, 0.15) is 53.4 Å². The highest BCUT2D eigenvalue weighted by Crippen LogP contribution is 2.11. The van der Waals surface area contributed by atoms with Gasteiger partial charge in [-0.25, -0.2) is 0 Å². The second-order valence-corrected chi connectivity index (χ2v) is 5.86. The van der Waals surface area contributed by atoms with Gasteiger partial charge in [0.25, 0.3) is 0 Å². The van der Waals surface area contributed by atoms with E-state index in [1.807, 2.05) is 0 Å². The Kier molecular flexibility index (Phi) is 10.8. The van der Waals surface area contributed by atoms with Crippen molar-refractivity contribution in [2.24, 2.45) is 0 Å². The van der Waals surface area contributed by atoms with Crippen molar-refractivity contribution >= 4 is 0 Å². The third kappa shape index (κ3) is 11.8. The molecule has 112 valence electrons. The van der Waals surface area contributed by atoms with Crippen LogP contribution in [0.5, 0.6) is 0 Å². The zero-order chi connectivity index (χ0) is 15.4.